The maximum atomic E-state index is 12.2. The number of ether oxygens (including phenoxy) is 1. The van der Waals surface area contributed by atoms with Gasteiger partial charge in [0.25, 0.3) is 0 Å². The molecule has 2 aliphatic rings. The summed E-state index contributed by atoms with van der Waals surface area (Å²) in [5.41, 5.74) is 0. The Balaban J connectivity index is 1.45. The molecule has 2 atom stereocenters. The van der Waals surface area contributed by atoms with Gasteiger partial charge in [0.15, 0.2) is 0 Å². The van der Waals surface area contributed by atoms with Gasteiger partial charge in [-0.1, -0.05) is 18.2 Å². The maximum Gasteiger partial charge on any atom is 0.237 e. The molecule has 0 bridgehead atoms. The van der Waals surface area contributed by atoms with Crippen LogP contribution in [-0.2, 0) is 4.79 Å². The smallest absolute Gasteiger partial charge is 0.237 e. The lowest BCUT2D eigenvalue weighted by Gasteiger charge is -2.26. The van der Waals surface area contributed by atoms with Crippen molar-refractivity contribution in [1.29, 1.82) is 0 Å². The van der Waals surface area contributed by atoms with Crippen LogP contribution in [0.2, 0.25) is 0 Å². The summed E-state index contributed by atoms with van der Waals surface area (Å²) in [4.78, 5) is 14.3. The van der Waals surface area contributed by atoms with Crippen molar-refractivity contribution in [2.75, 3.05) is 19.7 Å². The van der Waals surface area contributed by atoms with E-state index in [1.54, 1.807) is 0 Å². The Kier molecular flexibility index (Phi) is 4.95. The number of carbonyl (C=O) groups is 1. The molecule has 0 aromatic heterocycles. The fraction of sp³-hybridized carbons (Fsp3) is 0.588. The summed E-state index contributed by atoms with van der Waals surface area (Å²) >= 11 is 0. The number of nitrogens with one attached hydrogen (secondary N) is 1. The molecule has 5 nitrogen and oxygen atoms in total. The zero-order valence-electron chi connectivity index (χ0n) is 12.8. The van der Waals surface area contributed by atoms with Gasteiger partial charge in [0.05, 0.1) is 6.04 Å². The number of β-amino-alcohol motifs (C(OH)–C–C–N with tert-alkyl or cyclic N) is 1. The van der Waals surface area contributed by atoms with Crippen molar-refractivity contribution in [3.05, 3.63) is 30.3 Å². The SMILES string of the molecule is O=C(NC1CC1)C1CCCN1CC(O)COc1ccccc1. The standard InChI is InChI=1S/C17H24N2O3/c20-14(12-22-15-5-2-1-3-6-15)11-19-10-4-7-16(19)17(21)18-13-8-9-13/h1-3,5-6,13-14,16,20H,4,7-12H2,(H,18,21). The molecular weight excluding hydrogens is 280 g/mol. The van der Waals surface area contributed by atoms with Crippen molar-refractivity contribution in [3.63, 3.8) is 0 Å². The maximum absolute atomic E-state index is 12.2. The molecule has 1 saturated carbocycles. The summed E-state index contributed by atoms with van der Waals surface area (Å²) in [5, 5.41) is 13.2. The fourth-order valence-corrected chi connectivity index (χ4v) is 2.90. The van der Waals surface area contributed by atoms with Gasteiger partial charge in [-0.25, -0.2) is 0 Å². The first kappa shape index (κ1) is 15.3. The van der Waals surface area contributed by atoms with E-state index in [0.29, 0.717) is 12.6 Å². The summed E-state index contributed by atoms with van der Waals surface area (Å²) in [7, 11) is 0. The van der Waals surface area contributed by atoms with E-state index in [-0.39, 0.29) is 18.6 Å². The van der Waals surface area contributed by atoms with Crippen molar-refractivity contribution in [2.45, 2.75) is 43.9 Å². The molecule has 3 rings (SSSR count). The van der Waals surface area contributed by atoms with Gasteiger partial charge in [0.2, 0.25) is 5.91 Å². The van der Waals surface area contributed by atoms with Crippen LogP contribution < -0.4 is 10.1 Å². The number of hydrogen-bond acceptors (Lipinski definition) is 4. The number of carbonyl (C=O) groups excluding carboxylic acids is 1. The van der Waals surface area contributed by atoms with Crippen LogP contribution in [0, 0.1) is 0 Å². The number of benzene rings is 1. The van der Waals surface area contributed by atoms with E-state index in [1.165, 1.54) is 0 Å². The summed E-state index contributed by atoms with van der Waals surface area (Å²) in [6.07, 6.45) is 3.51. The first-order valence-electron chi connectivity index (χ1n) is 8.13. The number of aliphatic hydroxyl groups excluding tert-OH is 1. The third-order valence-electron chi connectivity index (χ3n) is 4.22. The highest BCUT2D eigenvalue weighted by atomic mass is 16.5. The summed E-state index contributed by atoms with van der Waals surface area (Å²) in [6.45, 7) is 1.60. The Bertz CT molecular complexity index is 490. The van der Waals surface area contributed by atoms with E-state index >= 15 is 0 Å². The summed E-state index contributed by atoms with van der Waals surface area (Å²) in [5.74, 6) is 0.877. The first-order chi connectivity index (χ1) is 10.7. The van der Waals surface area contributed by atoms with Crippen LogP contribution in [0.5, 0.6) is 5.75 Å². The second kappa shape index (κ2) is 7.11. The Labute approximate surface area is 131 Å². The topological polar surface area (TPSA) is 61.8 Å². The molecular formula is C17H24N2O3. The van der Waals surface area contributed by atoms with E-state index < -0.39 is 6.10 Å². The summed E-state index contributed by atoms with van der Waals surface area (Å²) in [6, 6.07) is 9.77. The highest BCUT2D eigenvalue weighted by molar-refractivity contribution is 5.82. The minimum Gasteiger partial charge on any atom is -0.491 e. The molecule has 1 heterocycles. The lowest BCUT2D eigenvalue weighted by Crippen LogP contribution is -2.47. The molecule has 22 heavy (non-hydrogen) atoms. The number of nitrogens with zero attached hydrogens (tertiary/aromatic N) is 1. The van der Waals surface area contributed by atoms with Crippen molar-refractivity contribution in [1.82, 2.24) is 10.2 Å². The van der Waals surface area contributed by atoms with Gasteiger partial charge >= 0.3 is 0 Å². The van der Waals surface area contributed by atoms with Crippen molar-refractivity contribution in [2.24, 2.45) is 0 Å². The monoisotopic (exact) mass is 304 g/mol. The number of rotatable bonds is 7. The fourth-order valence-electron chi connectivity index (χ4n) is 2.90. The molecule has 1 aliphatic carbocycles. The second-order valence-corrected chi connectivity index (χ2v) is 6.21. The van der Waals surface area contributed by atoms with Gasteiger partial charge < -0.3 is 15.2 Å². The largest absolute Gasteiger partial charge is 0.491 e. The molecule has 2 N–H and O–H groups in total. The number of hydrogen-bond donors (Lipinski definition) is 2. The summed E-state index contributed by atoms with van der Waals surface area (Å²) < 4.78 is 5.57. The normalized spacial score (nSPS) is 23.2. The molecule has 1 aromatic carbocycles. The van der Waals surface area contributed by atoms with E-state index in [2.05, 4.69) is 10.2 Å². The molecule has 1 aliphatic heterocycles. The van der Waals surface area contributed by atoms with Crippen LogP contribution in [0.3, 0.4) is 0 Å². The van der Waals surface area contributed by atoms with Gasteiger partial charge in [0, 0.05) is 12.6 Å². The third-order valence-corrected chi connectivity index (χ3v) is 4.22. The quantitative estimate of drug-likeness (QED) is 0.794. The van der Waals surface area contributed by atoms with Gasteiger partial charge in [-0.2, -0.15) is 0 Å². The molecule has 1 saturated heterocycles. The molecule has 1 aromatic rings. The lowest BCUT2D eigenvalue weighted by molar-refractivity contribution is -0.126. The van der Waals surface area contributed by atoms with Crippen LogP contribution in [0.1, 0.15) is 25.7 Å². The third kappa shape index (κ3) is 4.21. The second-order valence-electron chi connectivity index (χ2n) is 6.21. The molecule has 120 valence electrons. The first-order valence-corrected chi connectivity index (χ1v) is 8.13. The molecule has 2 unspecified atom stereocenters. The zero-order valence-corrected chi connectivity index (χ0v) is 12.8. The molecule has 5 heteroatoms. The number of para-hydroxylation sites is 1. The van der Waals surface area contributed by atoms with Crippen molar-refractivity contribution in [3.8, 4) is 5.75 Å². The number of amides is 1. The van der Waals surface area contributed by atoms with Crippen molar-refractivity contribution < 1.29 is 14.6 Å². The number of likely N-dealkylation sites (tertiary alicyclic amines) is 1. The lowest BCUT2D eigenvalue weighted by atomic mass is 10.2. The Morgan fingerprint density at radius 2 is 2.09 bits per heavy atom. The van der Waals surface area contributed by atoms with Gasteiger partial charge in [-0.05, 0) is 44.4 Å². The highest BCUT2D eigenvalue weighted by Crippen LogP contribution is 2.22. The van der Waals surface area contributed by atoms with Gasteiger partial charge in [-0.15, -0.1) is 0 Å². The van der Waals surface area contributed by atoms with E-state index in [0.717, 1.165) is 38.0 Å². The van der Waals surface area contributed by atoms with E-state index in [9.17, 15) is 9.90 Å². The van der Waals surface area contributed by atoms with E-state index in [1.807, 2.05) is 30.3 Å². The molecule has 2 fully saturated rings. The van der Waals surface area contributed by atoms with Gasteiger partial charge in [-0.3, -0.25) is 9.69 Å². The predicted octanol–water partition coefficient (Wildman–Crippen LogP) is 1.17. The van der Waals surface area contributed by atoms with Crippen LogP contribution in [0.25, 0.3) is 0 Å². The number of aliphatic hydroxyl groups is 1. The van der Waals surface area contributed by atoms with Crippen LogP contribution in [-0.4, -0.2) is 53.8 Å². The molecule has 0 spiro atoms. The minimum atomic E-state index is -0.588. The molecule has 0 radical (unpaired) electrons. The minimum absolute atomic E-state index is 0.0908. The van der Waals surface area contributed by atoms with Crippen LogP contribution in [0.4, 0.5) is 0 Å². The Hall–Kier alpha value is -1.59. The van der Waals surface area contributed by atoms with Crippen LogP contribution >= 0.6 is 0 Å². The average Bonchev–Trinajstić information content (AvgIpc) is 3.22. The van der Waals surface area contributed by atoms with E-state index in [4.69, 9.17) is 4.74 Å². The Morgan fingerprint density at radius 3 is 2.82 bits per heavy atom. The zero-order chi connectivity index (χ0) is 15.4. The van der Waals surface area contributed by atoms with Crippen LogP contribution in [0.15, 0.2) is 30.3 Å². The highest BCUT2D eigenvalue weighted by Gasteiger charge is 2.34. The van der Waals surface area contributed by atoms with Gasteiger partial charge in [0.1, 0.15) is 18.5 Å². The Morgan fingerprint density at radius 1 is 1.32 bits per heavy atom. The van der Waals surface area contributed by atoms with Crippen molar-refractivity contribution >= 4 is 5.91 Å². The average molecular weight is 304 g/mol. The molecule has 1 amide bonds. The predicted molar refractivity (Wildman–Crippen MR) is 83.7 cm³/mol.